The monoisotopic (exact) mass is 283 g/mol. The van der Waals surface area contributed by atoms with Gasteiger partial charge in [-0.05, 0) is 38.0 Å². The lowest BCUT2D eigenvalue weighted by atomic mass is 10.2. The van der Waals surface area contributed by atoms with Gasteiger partial charge in [0.15, 0.2) is 0 Å². The summed E-state index contributed by atoms with van der Waals surface area (Å²) in [6.07, 6.45) is 3.00. The molecule has 0 aliphatic carbocycles. The molecule has 3 rings (SSSR count). The molecule has 0 saturated heterocycles. The van der Waals surface area contributed by atoms with Gasteiger partial charge in [-0.15, -0.1) is 0 Å². The number of aromatic nitrogens is 1. The number of hydrogen-bond donors (Lipinski definition) is 1. The van der Waals surface area contributed by atoms with Gasteiger partial charge in [0.1, 0.15) is 5.69 Å². The molecule has 2 heterocycles. The SMILES string of the molecule is CCc1cn(CC)c2c1Nc1ccccc1N(CC)C2=O. The third kappa shape index (κ3) is 2.02. The van der Waals surface area contributed by atoms with Crippen LogP contribution >= 0.6 is 0 Å². The quantitative estimate of drug-likeness (QED) is 0.930. The number of nitrogens with zero attached hydrogens (tertiary/aromatic N) is 2. The summed E-state index contributed by atoms with van der Waals surface area (Å²) >= 11 is 0. The third-order valence-electron chi connectivity index (χ3n) is 4.10. The van der Waals surface area contributed by atoms with Crippen molar-refractivity contribution in [3.05, 3.63) is 41.7 Å². The van der Waals surface area contributed by atoms with Crippen molar-refractivity contribution in [2.75, 3.05) is 16.8 Å². The van der Waals surface area contributed by atoms with E-state index in [2.05, 4.69) is 29.9 Å². The average molecular weight is 283 g/mol. The van der Waals surface area contributed by atoms with E-state index in [1.54, 1.807) is 0 Å². The fraction of sp³-hybridized carbons (Fsp3) is 0.353. The maximum Gasteiger partial charge on any atom is 0.277 e. The van der Waals surface area contributed by atoms with Crippen molar-refractivity contribution in [2.45, 2.75) is 33.7 Å². The van der Waals surface area contributed by atoms with Crippen LogP contribution in [-0.2, 0) is 13.0 Å². The first-order valence-corrected chi connectivity index (χ1v) is 7.61. The van der Waals surface area contributed by atoms with Crippen LogP contribution in [0, 0.1) is 0 Å². The van der Waals surface area contributed by atoms with Gasteiger partial charge < -0.3 is 14.8 Å². The Morgan fingerprint density at radius 2 is 1.86 bits per heavy atom. The molecule has 21 heavy (non-hydrogen) atoms. The molecule has 4 heteroatoms. The van der Waals surface area contributed by atoms with Crippen LogP contribution in [0.2, 0.25) is 0 Å². The molecule has 110 valence electrons. The minimum absolute atomic E-state index is 0.0755. The predicted molar refractivity (Wildman–Crippen MR) is 86.6 cm³/mol. The van der Waals surface area contributed by atoms with Crippen molar-refractivity contribution >= 4 is 23.0 Å². The molecule has 1 N–H and O–H groups in total. The molecule has 1 aliphatic rings. The van der Waals surface area contributed by atoms with Gasteiger partial charge in [-0.3, -0.25) is 4.79 Å². The third-order valence-corrected chi connectivity index (χ3v) is 4.10. The van der Waals surface area contributed by atoms with Gasteiger partial charge >= 0.3 is 0 Å². The molecule has 0 radical (unpaired) electrons. The van der Waals surface area contributed by atoms with Crippen molar-refractivity contribution in [1.82, 2.24) is 4.57 Å². The topological polar surface area (TPSA) is 37.3 Å². The largest absolute Gasteiger partial charge is 0.352 e. The van der Waals surface area contributed by atoms with E-state index < -0.39 is 0 Å². The van der Waals surface area contributed by atoms with Crippen LogP contribution in [-0.4, -0.2) is 17.0 Å². The molecule has 0 bridgehead atoms. The molecule has 1 aliphatic heterocycles. The molecule has 4 nitrogen and oxygen atoms in total. The van der Waals surface area contributed by atoms with E-state index in [0.29, 0.717) is 6.54 Å². The first kappa shape index (κ1) is 13.7. The minimum Gasteiger partial charge on any atom is -0.352 e. The van der Waals surface area contributed by atoms with Gasteiger partial charge in [-0.1, -0.05) is 19.1 Å². The zero-order chi connectivity index (χ0) is 15.0. The van der Waals surface area contributed by atoms with Crippen LogP contribution in [0.1, 0.15) is 36.8 Å². The van der Waals surface area contributed by atoms with E-state index in [1.807, 2.05) is 36.1 Å². The summed E-state index contributed by atoms with van der Waals surface area (Å²) in [7, 11) is 0. The Bertz CT molecular complexity index is 687. The number of para-hydroxylation sites is 2. The predicted octanol–water partition coefficient (Wildman–Crippen LogP) is 3.79. The fourth-order valence-electron chi connectivity index (χ4n) is 3.00. The summed E-state index contributed by atoms with van der Waals surface area (Å²) < 4.78 is 2.05. The molecule has 0 fully saturated rings. The van der Waals surface area contributed by atoms with Crippen LogP contribution in [0.25, 0.3) is 0 Å². The number of nitrogens with one attached hydrogen (secondary N) is 1. The van der Waals surface area contributed by atoms with Crippen molar-refractivity contribution in [3.8, 4) is 0 Å². The van der Waals surface area contributed by atoms with Crippen LogP contribution < -0.4 is 10.2 Å². The first-order valence-electron chi connectivity index (χ1n) is 7.61. The molecule has 1 aromatic heterocycles. The molecule has 0 saturated carbocycles. The first-order chi connectivity index (χ1) is 10.2. The normalized spacial score (nSPS) is 13.5. The van der Waals surface area contributed by atoms with Gasteiger partial charge in [0.25, 0.3) is 5.91 Å². The van der Waals surface area contributed by atoms with E-state index >= 15 is 0 Å². The highest BCUT2D eigenvalue weighted by Crippen LogP contribution is 2.38. The number of anilines is 3. The Labute approximate surface area is 125 Å². The maximum atomic E-state index is 13.0. The lowest BCUT2D eigenvalue weighted by Gasteiger charge is -2.21. The zero-order valence-electron chi connectivity index (χ0n) is 12.8. The Morgan fingerprint density at radius 3 is 2.52 bits per heavy atom. The number of carbonyl (C=O) groups excluding carboxylic acids is 1. The second-order valence-corrected chi connectivity index (χ2v) is 5.21. The maximum absolute atomic E-state index is 13.0. The van der Waals surface area contributed by atoms with E-state index in [-0.39, 0.29) is 5.91 Å². The standard InChI is InChI=1S/C17H21N3O/c1-4-12-11-19(5-2)16-15(12)18-13-9-7-8-10-14(13)20(6-3)17(16)21/h7-11,18H,4-6H2,1-3H3. The van der Waals surface area contributed by atoms with Gasteiger partial charge in [0.2, 0.25) is 0 Å². The summed E-state index contributed by atoms with van der Waals surface area (Å²) in [6, 6.07) is 8.00. The van der Waals surface area contributed by atoms with Crippen molar-refractivity contribution in [3.63, 3.8) is 0 Å². The Morgan fingerprint density at radius 1 is 1.10 bits per heavy atom. The average Bonchev–Trinajstić information content (AvgIpc) is 2.81. The number of fused-ring (bicyclic) bond motifs is 2. The van der Waals surface area contributed by atoms with Crippen LogP contribution in [0.15, 0.2) is 30.5 Å². The summed E-state index contributed by atoms with van der Waals surface area (Å²) in [5.41, 5.74) is 4.87. The van der Waals surface area contributed by atoms with Gasteiger partial charge in [-0.2, -0.15) is 0 Å². The highest BCUT2D eigenvalue weighted by atomic mass is 16.2. The Hall–Kier alpha value is -2.23. The molecular weight excluding hydrogens is 262 g/mol. The van der Waals surface area contributed by atoms with Crippen molar-refractivity contribution in [1.29, 1.82) is 0 Å². The van der Waals surface area contributed by atoms with Crippen LogP contribution in [0.4, 0.5) is 17.1 Å². The Kier molecular flexibility index (Phi) is 3.45. The zero-order valence-corrected chi connectivity index (χ0v) is 12.8. The molecular formula is C17H21N3O. The van der Waals surface area contributed by atoms with Gasteiger partial charge in [-0.25, -0.2) is 0 Å². The highest BCUT2D eigenvalue weighted by Gasteiger charge is 2.30. The highest BCUT2D eigenvalue weighted by molar-refractivity contribution is 6.13. The van der Waals surface area contributed by atoms with E-state index in [1.165, 1.54) is 5.56 Å². The van der Waals surface area contributed by atoms with E-state index in [9.17, 15) is 4.79 Å². The lowest BCUT2D eigenvalue weighted by molar-refractivity contribution is 0.0981. The molecule has 2 aromatic rings. The minimum atomic E-state index is 0.0755. The molecule has 0 spiro atoms. The Balaban J connectivity index is 2.26. The number of benzene rings is 1. The molecule has 1 amide bonds. The van der Waals surface area contributed by atoms with Gasteiger partial charge in [0.05, 0.1) is 17.1 Å². The molecule has 0 atom stereocenters. The van der Waals surface area contributed by atoms with Gasteiger partial charge in [0, 0.05) is 19.3 Å². The van der Waals surface area contributed by atoms with Crippen molar-refractivity contribution in [2.24, 2.45) is 0 Å². The van der Waals surface area contributed by atoms with Crippen LogP contribution in [0.3, 0.4) is 0 Å². The van der Waals surface area contributed by atoms with E-state index in [0.717, 1.165) is 35.7 Å². The second-order valence-electron chi connectivity index (χ2n) is 5.21. The summed E-state index contributed by atoms with van der Waals surface area (Å²) in [5, 5.41) is 3.49. The smallest absolute Gasteiger partial charge is 0.277 e. The molecule has 1 aromatic carbocycles. The fourth-order valence-corrected chi connectivity index (χ4v) is 3.00. The number of amides is 1. The van der Waals surface area contributed by atoms with E-state index in [4.69, 9.17) is 0 Å². The number of carbonyl (C=O) groups is 1. The second kappa shape index (κ2) is 5.28. The van der Waals surface area contributed by atoms with Crippen molar-refractivity contribution < 1.29 is 4.79 Å². The number of rotatable bonds is 3. The number of hydrogen-bond acceptors (Lipinski definition) is 2. The lowest BCUT2D eigenvalue weighted by Crippen LogP contribution is -2.31. The summed E-state index contributed by atoms with van der Waals surface area (Å²) in [4.78, 5) is 14.9. The number of aryl methyl sites for hydroxylation is 2. The van der Waals surface area contributed by atoms with Crippen LogP contribution in [0.5, 0.6) is 0 Å². The summed E-state index contributed by atoms with van der Waals surface area (Å²) in [5.74, 6) is 0.0755. The molecule has 0 unspecified atom stereocenters. The summed E-state index contributed by atoms with van der Waals surface area (Å²) in [6.45, 7) is 7.66.